The fourth-order valence-corrected chi connectivity index (χ4v) is 4.66. The first-order valence-electron chi connectivity index (χ1n) is 9.14. The SMILES string of the molecule is Cl.N#Cc1nnc2c(N=Nc3ccc(S(=O)(=O)N4CCCCC4)cc3)c(N)nn2c1N. The maximum atomic E-state index is 12.7. The number of halogens is 1. The molecule has 0 bridgehead atoms. The van der Waals surface area contributed by atoms with Gasteiger partial charge in [-0.1, -0.05) is 6.42 Å². The Morgan fingerprint density at radius 2 is 1.71 bits per heavy atom. The number of fused-ring (bicyclic) bond motifs is 1. The van der Waals surface area contributed by atoms with Crippen LogP contribution in [0, 0.1) is 11.3 Å². The quantitative estimate of drug-likeness (QED) is 0.552. The summed E-state index contributed by atoms with van der Waals surface area (Å²) in [6.07, 6.45) is 2.79. The van der Waals surface area contributed by atoms with Crippen molar-refractivity contribution in [2.45, 2.75) is 24.2 Å². The van der Waals surface area contributed by atoms with Crippen LogP contribution in [-0.4, -0.2) is 45.6 Å². The van der Waals surface area contributed by atoms with Crippen LogP contribution in [0.5, 0.6) is 0 Å². The number of azo groups is 1. The summed E-state index contributed by atoms with van der Waals surface area (Å²) in [5.41, 5.74) is 12.3. The zero-order valence-electron chi connectivity index (χ0n) is 16.2. The Morgan fingerprint density at radius 3 is 2.35 bits per heavy atom. The van der Waals surface area contributed by atoms with E-state index >= 15 is 0 Å². The minimum absolute atomic E-state index is 0. The second kappa shape index (κ2) is 8.80. The Kier molecular flexibility index (Phi) is 6.34. The topological polar surface area (TPSA) is 181 Å². The fourth-order valence-electron chi connectivity index (χ4n) is 3.15. The van der Waals surface area contributed by atoms with Crippen molar-refractivity contribution < 1.29 is 8.42 Å². The number of anilines is 2. The number of nitrogen functional groups attached to an aromatic ring is 2. The maximum Gasteiger partial charge on any atom is 0.243 e. The Labute approximate surface area is 184 Å². The zero-order chi connectivity index (χ0) is 21.3. The van der Waals surface area contributed by atoms with Crippen molar-refractivity contribution in [2.75, 3.05) is 24.6 Å². The van der Waals surface area contributed by atoms with Crippen LogP contribution in [0.15, 0.2) is 39.4 Å². The number of hydrogen-bond donors (Lipinski definition) is 2. The van der Waals surface area contributed by atoms with Gasteiger partial charge in [0.2, 0.25) is 21.4 Å². The van der Waals surface area contributed by atoms with Gasteiger partial charge in [-0.3, -0.25) is 0 Å². The van der Waals surface area contributed by atoms with Crippen LogP contribution in [-0.2, 0) is 10.0 Å². The van der Waals surface area contributed by atoms with Crippen molar-refractivity contribution >= 4 is 51.1 Å². The Bertz CT molecular complexity index is 1270. The standard InChI is InChI=1S/C17H18N10O2S.ClH/c18-10-13-16(20)27-17(24-22-13)14(15(19)25-27)23-21-11-4-6-12(7-5-11)30(28,29)26-8-2-1-3-9-26;/h4-7H,1-3,8-9,20H2,(H2,19,25);1H. The van der Waals surface area contributed by atoms with E-state index < -0.39 is 10.0 Å². The summed E-state index contributed by atoms with van der Waals surface area (Å²) in [5, 5.41) is 28.7. The highest BCUT2D eigenvalue weighted by Gasteiger charge is 2.25. The van der Waals surface area contributed by atoms with E-state index in [0.717, 1.165) is 19.3 Å². The number of benzene rings is 1. The van der Waals surface area contributed by atoms with Crippen molar-refractivity contribution in [3.63, 3.8) is 0 Å². The number of piperidine rings is 1. The van der Waals surface area contributed by atoms with Gasteiger partial charge in [-0.15, -0.1) is 32.8 Å². The molecule has 31 heavy (non-hydrogen) atoms. The van der Waals surface area contributed by atoms with Gasteiger partial charge in [0.25, 0.3) is 0 Å². The van der Waals surface area contributed by atoms with E-state index in [1.807, 2.05) is 6.07 Å². The molecule has 2 aromatic heterocycles. The first-order chi connectivity index (χ1) is 14.4. The predicted octanol–water partition coefficient (Wildman–Crippen LogP) is 2.17. The van der Waals surface area contributed by atoms with Gasteiger partial charge in [0, 0.05) is 13.1 Å². The summed E-state index contributed by atoms with van der Waals surface area (Å²) in [4.78, 5) is 0.210. The highest BCUT2D eigenvalue weighted by atomic mass is 35.5. The molecule has 3 heterocycles. The fraction of sp³-hybridized carbons (Fsp3) is 0.294. The first kappa shape index (κ1) is 22.3. The summed E-state index contributed by atoms with van der Waals surface area (Å²) in [7, 11) is -3.51. The number of nitriles is 1. The molecule has 162 valence electrons. The molecule has 1 aromatic carbocycles. The molecule has 1 aliphatic heterocycles. The summed E-state index contributed by atoms with van der Waals surface area (Å²) in [5.74, 6) is 0.00191. The average molecular weight is 463 g/mol. The molecule has 1 aliphatic rings. The summed E-state index contributed by atoms with van der Waals surface area (Å²) >= 11 is 0. The summed E-state index contributed by atoms with van der Waals surface area (Å²) in [6.45, 7) is 1.07. The molecule has 0 saturated carbocycles. The second-order valence-corrected chi connectivity index (χ2v) is 8.61. The molecule has 14 heteroatoms. The lowest BCUT2D eigenvalue weighted by Gasteiger charge is -2.25. The van der Waals surface area contributed by atoms with Crippen molar-refractivity contribution in [1.29, 1.82) is 5.26 Å². The zero-order valence-corrected chi connectivity index (χ0v) is 17.8. The monoisotopic (exact) mass is 462 g/mol. The molecule has 3 aromatic rings. The number of nitrogens with two attached hydrogens (primary N) is 2. The first-order valence-corrected chi connectivity index (χ1v) is 10.6. The van der Waals surface area contributed by atoms with E-state index in [1.165, 1.54) is 21.0 Å². The number of hydrogen-bond acceptors (Lipinski definition) is 10. The van der Waals surface area contributed by atoms with E-state index in [2.05, 4.69) is 25.5 Å². The van der Waals surface area contributed by atoms with Crippen LogP contribution in [0.2, 0.25) is 0 Å². The van der Waals surface area contributed by atoms with E-state index in [9.17, 15) is 8.42 Å². The highest BCUT2D eigenvalue weighted by molar-refractivity contribution is 7.89. The van der Waals surface area contributed by atoms with Crippen molar-refractivity contribution in [3.05, 3.63) is 30.0 Å². The van der Waals surface area contributed by atoms with E-state index in [4.69, 9.17) is 16.7 Å². The molecule has 1 fully saturated rings. The molecule has 0 aliphatic carbocycles. The van der Waals surface area contributed by atoms with Crippen LogP contribution in [0.1, 0.15) is 25.0 Å². The third-order valence-corrected chi connectivity index (χ3v) is 6.65. The van der Waals surface area contributed by atoms with Crippen LogP contribution < -0.4 is 11.5 Å². The molecular formula is C17H19ClN10O2S. The molecule has 0 spiro atoms. The summed E-state index contributed by atoms with van der Waals surface area (Å²) in [6, 6.07) is 7.90. The van der Waals surface area contributed by atoms with Gasteiger partial charge in [0.15, 0.2) is 17.3 Å². The van der Waals surface area contributed by atoms with Crippen LogP contribution in [0.25, 0.3) is 5.65 Å². The van der Waals surface area contributed by atoms with Gasteiger partial charge in [-0.2, -0.15) is 19.2 Å². The molecule has 4 N–H and O–H groups in total. The molecule has 0 amide bonds. The molecule has 0 unspecified atom stereocenters. The number of sulfonamides is 1. The second-order valence-electron chi connectivity index (χ2n) is 6.67. The van der Waals surface area contributed by atoms with Crippen molar-refractivity contribution in [2.24, 2.45) is 10.2 Å². The molecule has 1 saturated heterocycles. The van der Waals surface area contributed by atoms with Crippen LogP contribution in [0.4, 0.5) is 23.0 Å². The van der Waals surface area contributed by atoms with Gasteiger partial charge in [0.05, 0.1) is 10.6 Å². The number of nitrogens with zero attached hydrogens (tertiary/aromatic N) is 8. The van der Waals surface area contributed by atoms with Crippen molar-refractivity contribution in [3.8, 4) is 6.07 Å². The minimum atomic E-state index is -3.51. The average Bonchev–Trinajstić information content (AvgIpc) is 3.09. The Hall–Kier alpha value is -3.34. The molecule has 0 radical (unpaired) electrons. The van der Waals surface area contributed by atoms with Gasteiger partial charge in [-0.05, 0) is 37.1 Å². The number of rotatable bonds is 4. The lowest BCUT2D eigenvalue weighted by Crippen LogP contribution is -2.35. The Morgan fingerprint density at radius 1 is 1.03 bits per heavy atom. The van der Waals surface area contributed by atoms with Gasteiger partial charge in [0.1, 0.15) is 6.07 Å². The van der Waals surface area contributed by atoms with Crippen LogP contribution >= 0.6 is 12.4 Å². The van der Waals surface area contributed by atoms with E-state index in [1.54, 1.807) is 12.1 Å². The van der Waals surface area contributed by atoms with E-state index in [0.29, 0.717) is 18.8 Å². The largest absolute Gasteiger partial charge is 0.381 e. The normalized spacial score (nSPS) is 15.1. The third kappa shape index (κ3) is 4.13. The number of aromatic nitrogens is 4. The van der Waals surface area contributed by atoms with E-state index in [-0.39, 0.29) is 46.0 Å². The predicted molar refractivity (Wildman–Crippen MR) is 115 cm³/mol. The highest BCUT2D eigenvalue weighted by Crippen LogP contribution is 2.30. The Balaban J connectivity index is 0.00000272. The molecule has 12 nitrogen and oxygen atoms in total. The molecular weight excluding hydrogens is 444 g/mol. The van der Waals surface area contributed by atoms with Gasteiger partial charge < -0.3 is 11.5 Å². The third-order valence-electron chi connectivity index (χ3n) is 4.74. The van der Waals surface area contributed by atoms with Gasteiger partial charge in [-0.25, -0.2) is 8.42 Å². The van der Waals surface area contributed by atoms with Crippen LogP contribution in [0.3, 0.4) is 0 Å². The summed E-state index contributed by atoms with van der Waals surface area (Å²) < 4.78 is 28.1. The minimum Gasteiger partial charge on any atom is -0.381 e. The lowest BCUT2D eigenvalue weighted by molar-refractivity contribution is 0.346. The molecule has 0 atom stereocenters. The maximum absolute atomic E-state index is 12.7. The van der Waals surface area contributed by atoms with Crippen molar-refractivity contribution in [1.82, 2.24) is 24.1 Å². The molecule has 4 rings (SSSR count). The van der Waals surface area contributed by atoms with Gasteiger partial charge >= 0.3 is 0 Å². The smallest absolute Gasteiger partial charge is 0.243 e. The lowest BCUT2D eigenvalue weighted by atomic mass is 10.2.